The van der Waals surface area contributed by atoms with Crippen LogP contribution in [0.4, 0.5) is 4.79 Å². The molecule has 3 amide bonds. The van der Waals surface area contributed by atoms with Gasteiger partial charge in [-0.05, 0) is 19.3 Å². The lowest BCUT2D eigenvalue weighted by molar-refractivity contribution is -0.122. The molecule has 6 N–H and O–H groups in total. The molecule has 0 aromatic carbocycles. The Kier molecular flexibility index (Phi) is 6.47. The highest BCUT2D eigenvalue weighted by Gasteiger charge is 2.09. The Bertz CT molecular complexity index is 196. The molecular formula is C8H18N4O2. The number of carbonyl (C=O) groups excluding carboxylic acids is 2. The summed E-state index contributed by atoms with van der Waals surface area (Å²) in [7, 11) is 1.55. The van der Waals surface area contributed by atoms with Crippen molar-refractivity contribution in [1.29, 1.82) is 0 Å². The number of likely N-dealkylation sites (N-methyl/N-ethyl adjacent to an activating group) is 1. The number of carbonyl (C=O) groups is 2. The van der Waals surface area contributed by atoms with Crippen molar-refractivity contribution in [3.63, 3.8) is 0 Å². The number of nitrogens with one attached hydrogen (secondary N) is 2. The van der Waals surface area contributed by atoms with Gasteiger partial charge in [-0.25, -0.2) is 4.79 Å². The quantitative estimate of drug-likeness (QED) is 0.410. The predicted molar refractivity (Wildman–Crippen MR) is 53.5 cm³/mol. The molecule has 0 bridgehead atoms. The molecule has 82 valence electrons. The van der Waals surface area contributed by atoms with Crippen molar-refractivity contribution in [1.82, 2.24) is 10.6 Å². The van der Waals surface area contributed by atoms with Crippen molar-refractivity contribution in [2.45, 2.75) is 25.3 Å². The first-order valence-corrected chi connectivity index (χ1v) is 4.58. The lowest BCUT2D eigenvalue weighted by Gasteiger charge is -2.09. The molecule has 0 aromatic rings. The van der Waals surface area contributed by atoms with E-state index in [0.29, 0.717) is 13.0 Å². The van der Waals surface area contributed by atoms with E-state index in [1.807, 2.05) is 0 Å². The summed E-state index contributed by atoms with van der Waals surface area (Å²) >= 11 is 0. The average molecular weight is 202 g/mol. The number of unbranched alkanes of at least 4 members (excludes halogenated alkanes) is 1. The Hall–Kier alpha value is -1.30. The maximum atomic E-state index is 11.0. The lowest BCUT2D eigenvalue weighted by atomic mass is 10.1. The van der Waals surface area contributed by atoms with E-state index < -0.39 is 12.1 Å². The van der Waals surface area contributed by atoms with Gasteiger partial charge in [0, 0.05) is 13.6 Å². The maximum absolute atomic E-state index is 11.0. The van der Waals surface area contributed by atoms with Gasteiger partial charge in [0.05, 0.1) is 6.04 Å². The second-order valence-corrected chi connectivity index (χ2v) is 3.01. The van der Waals surface area contributed by atoms with E-state index in [1.54, 1.807) is 7.05 Å². The van der Waals surface area contributed by atoms with E-state index in [9.17, 15) is 9.59 Å². The summed E-state index contributed by atoms with van der Waals surface area (Å²) in [4.78, 5) is 21.2. The molecule has 1 atom stereocenters. The molecule has 14 heavy (non-hydrogen) atoms. The van der Waals surface area contributed by atoms with E-state index in [1.165, 1.54) is 0 Å². The molecule has 0 aliphatic heterocycles. The van der Waals surface area contributed by atoms with Crippen molar-refractivity contribution in [2.75, 3.05) is 13.6 Å². The van der Waals surface area contributed by atoms with Gasteiger partial charge in [-0.2, -0.15) is 0 Å². The molecule has 6 heteroatoms. The molecule has 0 saturated carbocycles. The fourth-order valence-electron chi connectivity index (χ4n) is 1.02. The summed E-state index contributed by atoms with van der Waals surface area (Å²) in [6.45, 7) is 0.524. The monoisotopic (exact) mass is 202 g/mol. The minimum absolute atomic E-state index is 0.159. The third kappa shape index (κ3) is 6.24. The normalized spacial score (nSPS) is 11.9. The van der Waals surface area contributed by atoms with Gasteiger partial charge in [-0.15, -0.1) is 0 Å². The Balaban J connectivity index is 3.36. The van der Waals surface area contributed by atoms with Crippen molar-refractivity contribution in [2.24, 2.45) is 11.5 Å². The van der Waals surface area contributed by atoms with Gasteiger partial charge in [0.15, 0.2) is 0 Å². The van der Waals surface area contributed by atoms with Gasteiger partial charge in [0.25, 0.3) is 0 Å². The van der Waals surface area contributed by atoms with Crippen LogP contribution in [0.3, 0.4) is 0 Å². The van der Waals surface area contributed by atoms with Crippen LogP contribution in [-0.4, -0.2) is 31.6 Å². The fourth-order valence-corrected chi connectivity index (χ4v) is 1.02. The van der Waals surface area contributed by atoms with E-state index >= 15 is 0 Å². The van der Waals surface area contributed by atoms with E-state index in [-0.39, 0.29) is 5.91 Å². The average Bonchev–Trinajstić information content (AvgIpc) is 2.15. The molecule has 0 spiro atoms. The summed E-state index contributed by atoms with van der Waals surface area (Å²) in [5.74, 6) is -0.159. The van der Waals surface area contributed by atoms with Crippen LogP contribution >= 0.6 is 0 Å². The lowest BCUT2D eigenvalue weighted by Crippen LogP contribution is -2.38. The summed E-state index contributed by atoms with van der Waals surface area (Å²) in [6, 6.07) is -0.992. The summed E-state index contributed by atoms with van der Waals surface area (Å²) < 4.78 is 0. The number of primary amides is 1. The molecule has 0 saturated heterocycles. The standard InChI is InChI=1S/C8H18N4O2/c1-11-7(13)6(9)4-2-3-5-12-8(10)14/h6H,2-5,9H2,1H3,(H,11,13)(H3,10,12,14)/t6-/m0/s1. The Morgan fingerprint density at radius 3 is 2.50 bits per heavy atom. The van der Waals surface area contributed by atoms with Crippen molar-refractivity contribution >= 4 is 11.9 Å². The minimum atomic E-state index is -0.527. The van der Waals surface area contributed by atoms with Crippen LogP contribution in [0.2, 0.25) is 0 Å². The van der Waals surface area contributed by atoms with E-state index in [0.717, 1.165) is 12.8 Å². The molecule has 0 aromatic heterocycles. The number of hydrogen-bond donors (Lipinski definition) is 4. The molecule has 0 fully saturated rings. The van der Waals surface area contributed by atoms with Gasteiger partial charge in [0.2, 0.25) is 5.91 Å². The van der Waals surface area contributed by atoms with Crippen molar-refractivity contribution in [3.8, 4) is 0 Å². The molecule has 0 radical (unpaired) electrons. The highest BCUT2D eigenvalue weighted by molar-refractivity contribution is 5.81. The third-order valence-corrected chi connectivity index (χ3v) is 1.82. The van der Waals surface area contributed by atoms with Crippen molar-refractivity contribution in [3.05, 3.63) is 0 Å². The summed E-state index contributed by atoms with van der Waals surface area (Å²) in [6.07, 6.45) is 2.17. The smallest absolute Gasteiger partial charge is 0.312 e. The zero-order valence-electron chi connectivity index (χ0n) is 8.38. The zero-order chi connectivity index (χ0) is 11.0. The number of nitrogens with two attached hydrogens (primary N) is 2. The molecule has 0 aliphatic carbocycles. The predicted octanol–water partition coefficient (Wildman–Crippen LogP) is -1.10. The summed E-state index contributed by atoms with van der Waals surface area (Å²) in [5, 5.41) is 4.93. The van der Waals surface area contributed by atoms with Gasteiger partial charge in [-0.1, -0.05) is 0 Å². The van der Waals surface area contributed by atoms with Gasteiger partial charge in [0.1, 0.15) is 0 Å². The Labute approximate surface area is 83.4 Å². The van der Waals surface area contributed by atoms with Crippen LogP contribution in [0.1, 0.15) is 19.3 Å². The first kappa shape index (κ1) is 12.7. The highest BCUT2D eigenvalue weighted by atomic mass is 16.2. The molecule has 0 unspecified atom stereocenters. The van der Waals surface area contributed by atoms with E-state index in [2.05, 4.69) is 10.6 Å². The number of urea groups is 1. The first-order chi connectivity index (χ1) is 6.57. The second kappa shape index (κ2) is 7.14. The minimum Gasteiger partial charge on any atom is -0.358 e. The van der Waals surface area contributed by atoms with Crippen LogP contribution in [0, 0.1) is 0 Å². The molecule has 0 aliphatic rings. The SMILES string of the molecule is CNC(=O)[C@@H](N)CCCCNC(N)=O. The third-order valence-electron chi connectivity index (χ3n) is 1.82. The van der Waals surface area contributed by atoms with Crippen LogP contribution < -0.4 is 22.1 Å². The van der Waals surface area contributed by atoms with Crippen LogP contribution in [0.25, 0.3) is 0 Å². The van der Waals surface area contributed by atoms with Crippen LogP contribution in [0.15, 0.2) is 0 Å². The topological polar surface area (TPSA) is 110 Å². The van der Waals surface area contributed by atoms with Crippen LogP contribution in [0.5, 0.6) is 0 Å². The number of hydrogen-bond acceptors (Lipinski definition) is 3. The fraction of sp³-hybridized carbons (Fsp3) is 0.750. The number of rotatable bonds is 6. The van der Waals surface area contributed by atoms with Gasteiger partial charge >= 0.3 is 6.03 Å². The zero-order valence-corrected chi connectivity index (χ0v) is 8.38. The number of amides is 3. The highest BCUT2D eigenvalue weighted by Crippen LogP contribution is 1.97. The Morgan fingerprint density at radius 2 is 2.00 bits per heavy atom. The first-order valence-electron chi connectivity index (χ1n) is 4.58. The van der Waals surface area contributed by atoms with Gasteiger partial charge < -0.3 is 22.1 Å². The molecule has 0 heterocycles. The summed E-state index contributed by atoms with van der Waals surface area (Å²) in [5.41, 5.74) is 10.4. The van der Waals surface area contributed by atoms with Crippen molar-refractivity contribution < 1.29 is 9.59 Å². The van der Waals surface area contributed by atoms with E-state index in [4.69, 9.17) is 11.5 Å². The molecule has 6 nitrogen and oxygen atoms in total. The molecular weight excluding hydrogens is 184 g/mol. The maximum Gasteiger partial charge on any atom is 0.312 e. The largest absolute Gasteiger partial charge is 0.358 e. The Morgan fingerprint density at radius 1 is 1.36 bits per heavy atom. The van der Waals surface area contributed by atoms with Gasteiger partial charge in [-0.3, -0.25) is 4.79 Å². The molecule has 0 rings (SSSR count). The second-order valence-electron chi connectivity index (χ2n) is 3.01. The van der Waals surface area contributed by atoms with Crippen LogP contribution in [-0.2, 0) is 4.79 Å².